The number of amides is 2. The Morgan fingerprint density at radius 3 is 2.67 bits per heavy atom. The number of carbonyl (C=O) groups is 2. The molecule has 0 spiro atoms. The Bertz CT molecular complexity index is 1260. The molecule has 1 aliphatic rings. The highest BCUT2D eigenvalue weighted by atomic mass is 32.2. The Morgan fingerprint density at radius 1 is 1.18 bits per heavy atom. The summed E-state index contributed by atoms with van der Waals surface area (Å²) in [5.41, 5.74) is 4.07. The lowest BCUT2D eigenvalue weighted by Crippen LogP contribution is -2.44. The minimum atomic E-state index is -0.454. The van der Waals surface area contributed by atoms with Crippen molar-refractivity contribution in [1.82, 2.24) is 10.4 Å². The van der Waals surface area contributed by atoms with E-state index in [9.17, 15) is 19.7 Å². The molecule has 0 atom stereocenters. The summed E-state index contributed by atoms with van der Waals surface area (Å²) in [6.07, 6.45) is 1.68. The number of rotatable bonds is 7. The second-order valence-electron chi connectivity index (χ2n) is 6.72. The summed E-state index contributed by atoms with van der Waals surface area (Å²) in [5.74, 6) is -0.236. The summed E-state index contributed by atoms with van der Waals surface area (Å²) in [6, 6.07) is 16.7. The van der Waals surface area contributed by atoms with Crippen LogP contribution in [0.1, 0.15) is 20.8 Å². The first-order valence-electron chi connectivity index (χ1n) is 9.49. The smallest absolute Gasteiger partial charge is 0.285 e. The zero-order chi connectivity index (χ0) is 23.4. The minimum Gasteiger partial charge on any atom is -0.489 e. The largest absolute Gasteiger partial charge is 0.489 e. The SMILES string of the molecule is O=C(NN1C(=O)/C(=C\c2cccc(OCc3ccc([N+](=O)[O-])cc3)c2)SC1=S)c1cccs1. The quantitative estimate of drug-likeness (QED) is 0.217. The Labute approximate surface area is 202 Å². The molecule has 4 rings (SSSR count). The highest BCUT2D eigenvalue weighted by Crippen LogP contribution is 2.32. The van der Waals surface area contributed by atoms with E-state index in [0.29, 0.717) is 15.5 Å². The Hall–Kier alpha value is -3.54. The van der Waals surface area contributed by atoms with Crippen LogP contribution in [-0.4, -0.2) is 26.1 Å². The molecular weight excluding hydrogens is 482 g/mol. The molecule has 1 fully saturated rings. The summed E-state index contributed by atoms with van der Waals surface area (Å²) < 4.78 is 6.02. The van der Waals surface area contributed by atoms with Crippen molar-refractivity contribution >= 4 is 63.2 Å². The van der Waals surface area contributed by atoms with Gasteiger partial charge in [0.25, 0.3) is 17.5 Å². The van der Waals surface area contributed by atoms with Gasteiger partial charge in [-0.1, -0.05) is 30.0 Å². The highest BCUT2D eigenvalue weighted by molar-refractivity contribution is 8.26. The van der Waals surface area contributed by atoms with Gasteiger partial charge in [-0.3, -0.25) is 25.1 Å². The number of thiocarbonyl (C=S) groups is 1. The van der Waals surface area contributed by atoms with Crippen molar-refractivity contribution < 1.29 is 19.2 Å². The molecule has 0 aliphatic carbocycles. The van der Waals surface area contributed by atoms with Gasteiger partial charge >= 0.3 is 0 Å². The number of hydrogen-bond acceptors (Lipinski definition) is 8. The van der Waals surface area contributed by atoms with Crippen molar-refractivity contribution in [3.05, 3.63) is 97.1 Å². The molecular formula is C22H15N3O5S3. The number of benzene rings is 2. The van der Waals surface area contributed by atoms with Crippen LogP contribution >= 0.6 is 35.3 Å². The van der Waals surface area contributed by atoms with Crippen LogP contribution in [0, 0.1) is 10.1 Å². The normalized spacial score (nSPS) is 14.5. The number of thiophene rings is 1. The number of nitro benzene ring substituents is 1. The van der Waals surface area contributed by atoms with E-state index in [-0.39, 0.29) is 16.6 Å². The number of nitrogens with one attached hydrogen (secondary N) is 1. The minimum absolute atomic E-state index is 0.0182. The molecule has 8 nitrogen and oxygen atoms in total. The first kappa shape index (κ1) is 22.6. The van der Waals surface area contributed by atoms with E-state index in [4.69, 9.17) is 17.0 Å². The zero-order valence-electron chi connectivity index (χ0n) is 16.8. The average molecular weight is 498 g/mol. The lowest BCUT2D eigenvalue weighted by molar-refractivity contribution is -0.384. The average Bonchev–Trinajstić information content (AvgIpc) is 3.43. The van der Waals surface area contributed by atoms with Crippen LogP contribution in [0.25, 0.3) is 6.08 Å². The summed E-state index contributed by atoms with van der Waals surface area (Å²) in [7, 11) is 0. The molecule has 166 valence electrons. The predicted molar refractivity (Wildman–Crippen MR) is 131 cm³/mol. The number of ether oxygens (including phenoxy) is 1. The van der Waals surface area contributed by atoms with Crippen LogP contribution in [-0.2, 0) is 11.4 Å². The molecule has 0 saturated carbocycles. The molecule has 3 aromatic rings. The fraction of sp³-hybridized carbons (Fsp3) is 0.0455. The highest BCUT2D eigenvalue weighted by Gasteiger charge is 2.33. The maximum absolute atomic E-state index is 12.8. The van der Waals surface area contributed by atoms with Gasteiger partial charge in [-0.05, 0) is 65.1 Å². The van der Waals surface area contributed by atoms with E-state index < -0.39 is 16.7 Å². The van der Waals surface area contributed by atoms with Crippen LogP contribution in [0.5, 0.6) is 5.75 Å². The Kier molecular flexibility index (Phi) is 6.82. The van der Waals surface area contributed by atoms with Gasteiger partial charge in [-0.25, -0.2) is 0 Å². The standard InChI is InChI=1S/C22H15N3O5S3/c26-20(18-5-2-10-32-18)23-24-21(27)19(33-22(24)31)12-15-3-1-4-17(11-15)30-13-14-6-8-16(9-7-14)25(28)29/h1-12H,13H2,(H,23,26)/b19-12+. The van der Waals surface area contributed by atoms with Crippen LogP contribution in [0.15, 0.2) is 70.9 Å². The van der Waals surface area contributed by atoms with E-state index in [1.54, 1.807) is 53.9 Å². The maximum atomic E-state index is 12.8. The summed E-state index contributed by atoms with van der Waals surface area (Å²) in [5, 5.41) is 13.6. The van der Waals surface area contributed by atoms with Gasteiger partial charge in [0.1, 0.15) is 12.4 Å². The van der Waals surface area contributed by atoms with E-state index in [0.717, 1.165) is 27.9 Å². The fourth-order valence-corrected chi connectivity index (χ4v) is 4.65. The third-order valence-electron chi connectivity index (χ3n) is 4.46. The van der Waals surface area contributed by atoms with Gasteiger partial charge in [0.2, 0.25) is 0 Å². The van der Waals surface area contributed by atoms with Crippen molar-refractivity contribution in [1.29, 1.82) is 0 Å². The maximum Gasteiger partial charge on any atom is 0.285 e. The van der Waals surface area contributed by atoms with E-state index in [2.05, 4.69) is 5.43 Å². The monoisotopic (exact) mass is 497 g/mol. The molecule has 11 heteroatoms. The molecule has 1 aromatic heterocycles. The summed E-state index contributed by atoms with van der Waals surface area (Å²) >= 11 is 7.62. The van der Waals surface area contributed by atoms with Gasteiger partial charge in [-0.15, -0.1) is 11.3 Å². The number of thioether (sulfide) groups is 1. The molecule has 2 aromatic carbocycles. The van der Waals surface area contributed by atoms with Gasteiger partial charge < -0.3 is 4.74 Å². The van der Waals surface area contributed by atoms with Crippen molar-refractivity contribution in [3.63, 3.8) is 0 Å². The van der Waals surface area contributed by atoms with Gasteiger partial charge in [0.05, 0.1) is 14.7 Å². The van der Waals surface area contributed by atoms with Crippen molar-refractivity contribution in [2.45, 2.75) is 6.61 Å². The number of hydrogen-bond donors (Lipinski definition) is 1. The lowest BCUT2D eigenvalue weighted by atomic mass is 10.2. The second kappa shape index (κ2) is 9.94. The van der Waals surface area contributed by atoms with Gasteiger partial charge in [0, 0.05) is 12.1 Å². The summed E-state index contributed by atoms with van der Waals surface area (Å²) in [4.78, 5) is 36.2. The zero-order valence-corrected chi connectivity index (χ0v) is 19.2. The molecule has 2 heterocycles. The van der Waals surface area contributed by atoms with Crippen molar-refractivity contribution in [2.75, 3.05) is 0 Å². The molecule has 0 unspecified atom stereocenters. The third kappa shape index (κ3) is 5.45. The van der Waals surface area contributed by atoms with Crippen molar-refractivity contribution in [3.8, 4) is 5.75 Å². The number of carbonyl (C=O) groups excluding carboxylic acids is 2. The molecule has 0 bridgehead atoms. The third-order valence-corrected chi connectivity index (χ3v) is 6.63. The summed E-state index contributed by atoms with van der Waals surface area (Å²) in [6.45, 7) is 0.234. The van der Waals surface area contributed by atoms with Gasteiger partial charge in [-0.2, -0.15) is 5.01 Å². The molecule has 1 N–H and O–H groups in total. The van der Waals surface area contributed by atoms with Crippen LogP contribution in [0.2, 0.25) is 0 Å². The van der Waals surface area contributed by atoms with Crippen LogP contribution in [0.4, 0.5) is 5.69 Å². The Morgan fingerprint density at radius 2 is 1.97 bits per heavy atom. The fourth-order valence-electron chi connectivity index (χ4n) is 2.85. The number of nitrogens with zero attached hydrogens (tertiary/aromatic N) is 2. The number of hydrazine groups is 1. The van der Waals surface area contributed by atoms with Crippen LogP contribution in [0.3, 0.4) is 0 Å². The van der Waals surface area contributed by atoms with E-state index >= 15 is 0 Å². The number of nitro groups is 1. The van der Waals surface area contributed by atoms with E-state index in [1.165, 1.54) is 23.5 Å². The predicted octanol–water partition coefficient (Wildman–Crippen LogP) is 4.78. The topological polar surface area (TPSA) is 102 Å². The van der Waals surface area contributed by atoms with Crippen molar-refractivity contribution in [2.24, 2.45) is 0 Å². The van der Waals surface area contributed by atoms with Crippen LogP contribution < -0.4 is 10.2 Å². The lowest BCUT2D eigenvalue weighted by Gasteiger charge is -2.14. The Balaban J connectivity index is 1.42. The molecule has 0 radical (unpaired) electrons. The molecule has 1 saturated heterocycles. The van der Waals surface area contributed by atoms with E-state index in [1.807, 2.05) is 6.07 Å². The second-order valence-corrected chi connectivity index (χ2v) is 9.34. The molecule has 33 heavy (non-hydrogen) atoms. The first-order chi connectivity index (χ1) is 15.9. The number of non-ortho nitro benzene ring substituents is 1. The first-order valence-corrected chi connectivity index (χ1v) is 11.6. The molecule has 2 amide bonds. The molecule has 1 aliphatic heterocycles. The van der Waals surface area contributed by atoms with Gasteiger partial charge in [0.15, 0.2) is 4.32 Å².